The maximum atomic E-state index is 13.5. The number of nitrogens with one attached hydrogen (secondary N) is 2. The second-order valence-corrected chi connectivity index (χ2v) is 5.21. The van der Waals surface area contributed by atoms with Crippen LogP contribution in [0.5, 0.6) is 0 Å². The van der Waals surface area contributed by atoms with E-state index in [9.17, 15) is 9.18 Å². The molecule has 2 N–H and O–H groups in total. The maximum absolute atomic E-state index is 13.5. The van der Waals surface area contributed by atoms with Gasteiger partial charge in [0, 0.05) is 0 Å². The Morgan fingerprint density at radius 1 is 1.05 bits per heavy atom. The van der Waals surface area contributed by atoms with Gasteiger partial charge in [0.2, 0.25) is 0 Å². The molecular formula is C14H9Cl2FN2OS. The summed E-state index contributed by atoms with van der Waals surface area (Å²) in [7, 11) is 0. The van der Waals surface area contributed by atoms with Crippen molar-refractivity contribution in [1.82, 2.24) is 5.32 Å². The van der Waals surface area contributed by atoms with E-state index in [1.54, 1.807) is 24.3 Å². The van der Waals surface area contributed by atoms with Gasteiger partial charge < -0.3 is 5.32 Å². The molecule has 1 amide bonds. The van der Waals surface area contributed by atoms with Gasteiger partial charge in [0.15, 0.2) is 5.11 Å². The molecule has 21 heavy (non-hydrogen) atoms. The van der Waals surface area contributed by atoms with E-state index in [0.29, 0.717) is 15.7 Å². The van der Waals surface area contributed by atoms with E-state index in [1.165, 1.54) is 18.2 Å². The van der Waals surface area contributed by atoms with E-state index < -0.39 is 11.7 Å². The maximum Gasteiger partial charge on any atom is 0.260 e. The fraction of sp³-hybridized carbons (Fsp3) is 0. The highest BCUT2D eigenvalue weighted by Gasteiger charge is 2.13. The first-order valence-electron chi connectivity index (χ1n) is 5.80. The number of benzene rings is 2. The predicted octanol–water partition coefficient (Wildman–Crippen LogP) is 4.26. The third kappa shape index (κ3) is 3.91. The second-order valence-electron chi connectivity index (χ2n) is 3.98. The number of rotatable bonds is 2. The average molecular weight is 343 g/mol. The molecule has 0 saturated heterocycles. The van der Waals surface area contributed by atoms with E-state index in [0.717, 1.165) is 0 Å². The van der Waals surface area contributed by atoms with Crippen LogP contribution in [-0.4, -0.2) is 11.0 Å². The molecule has 7 heteroatoms. The van der Waals surface area contributed by atoms with Crippen molar-refractivity contribution in [3.8, 4) is 0 Å². The third-order valence-corrected chi connectivity index (χ3v) is 3.38. The second kappa shape index (κ2) is 6.85. The normalized spacial score (nSPS) is 10.0. The van der Waals surface area contributed by atoms with Gasteiger partial charge in [-0.15, -0.1) is 0 Å². The van der Waals surface area contributed by atoms with Crippen LogP contribution in [0.1, 0.15) is 10.4 Å². The smallest absolute Gasteiger partial charge is 0.260 e. The summed E-state index contributed by atoms with van der Waals surface area (Å²) in [6.07, 6.45) is 0. The van der Waals surface area contributed by atoms with Crippen LogP contribution in [0, 0.1) is 5.82 Å². The first-order chi connectivity index (χ1) is 9.99. The molecule has 0 spiro atoms. The van der Waals surface area contributed by atoms with Crippen molar-refractivity contribution >= 4 is 52.1 Å². The quantitative estimate of drug-likeness (QED) is 0.801. The Balaban J connectivity index is 2.09. The van der Waals surface area contributed by atoms with Gasteiger partial charge in [0.25, 0.3) is 5.91 Å². The minimum atomic E-state index is -0.659. The molecule has 2 aromatic carbocycles. The largest absolute Gasteiger partial charge is 0.330 e. The number of anilines is 1. The Morgan fingerprint density at radius 2 is 1.67 bits per heavy atom. The predicted molar refractivity (Wildman–Crippen MR) is 86.5 cm³/mol. The summed E-state index contributed by atoms with van der Waals surface area (Å²) >= 11 is 16.9. The van der Waals surface area contributed by atoms with Gasteiger partial charge in [-0.3, -0.25) is 10.1 Å². The molecule has 0 aliphatic carbocycles. The average Bonchev–Trinajstić information content (AvgIpc) is 2.43. The molecule has 0 aromatic heterocycles. The zero-order chi connectivity index (χ0) is 15.4. The van der Waals surface area contributed by atoms with Crippen molar-refractivity contribution in [3.05, 3.63) is 63.9 Å². The van der Waals surface area contributed by atoms with Crippen molar-refractivity contribution in [1.29, 1.82) is 0 Å². The SMILES string of the molecule is O=C(NC(=S)Nc1c(Cl)cccc1Cl)c1ccccc1F. The zero-order valence-corrected chi connectivity index (χ0v) is 12.8. The summed E-state index contributed by atoms with van der Waals surface area (Å²) in [4.78, 5) is 11.9. The Morgan fingerprint density at radius 3 is 2.29 bits per heavy atom. The van der Waals surface area contributed by atoms with Crippen molar-refractivity contribution in [2.45, 2.75) is 0 Å². The van der Waals surface area contributed by atoms with Crippen LogP contribution in [0.25, 0.3) is 0 Å². The number of carbonyl (C=O) groups is 1. The number of carbonyl (C=O) groups excluding carboxylic acids is 1. The topological polar surface area (TPSA) is 41.1 Å². The van der Waals surface area contributed by atoms with E-state index in [-0.39, 0.29) is 10.7 Å². The summed E-state index contributed by atoms with van der Waals surface area (Å²) in [6.45, 7) is 0. The van der Waals surface area contributed by atoms with Crippen molar-refractivity contribution in [2.24, 2.45) is 0 Å². The molecule has 3 nitrogen and oxygen atoms in total. The standard InChI is InChI=1S/C14H9Cl2FN2OS/c15-9-5-3-6-10(16)12(9)18-14(21)19-13(20)8-4-1-2-7-11(8)17/h1-7H,(H2,18,19,20,21). The number of hydrogen-bond donors (Lipinski definition) is 2. The molecule has 0 unspecified atom stereocenters. The van der Waals surface area contributed by atoms with Gasteiger partial charge in [-0.1, -0.05) is 41.4 Å². The van der Waals surface area contributed by atoms with Gasteiger partial charge in [-0.2, -0.15) is 0 Å². The van der Waals surface area contributed by atoms with E-state index in [4.69, 9.17) is 35.4 Å². The molecule has 0 aliphatic rings. The molecule has 0 bridgehead atoms. The van der Waals surface area contributed by atoms with Crippen LogP contribution in [0.3, 0.4) is 0 Å². The molecule has 0 saturated carbocycles. The van der Waals surface area contributed by atoms with Crippen molar-refractivity contribution in [3.63, 3.8) is 0 Å². The molecule has 2 rings (SSSR count). The number of halogens is 3. The summed E-state index contributed by atoms with van der Waals surface area (Å²) < 4.78 is 13.5. The van der Waals surface area contributed by atoms with E-state index >= 15 is 0 Å². The molecule has 0 radical (unpaired) electrons. The lowest BCUT2D eigenvalue weighted by Gasteiger charge is -2.12. The number of thiocarbonyl (C=S) groups is 1. The fourth-order valence-electron chi connectivity index (χ4n) is 1.58. The van der Waals surface area contributed by atoms with Gasteiger partial charge >= 0.3 is 0 Å². The van der Waals surface area contributed by atoms with Gasteiger partial charge in [-0.05, 0) is 36.5 Å². The van der Waals surface area contributed by atoms with Crippen LogP contribution in [0.15, 0.2) is 42.5 Å². The molecule has 0 atom stereocenters. The first kappa shape index (κ1) is 15.7. The molecule has 108 valence electrons. The summed E-state index contributed by atoms with van der Waals surface area (Å²) in [5.41, 5.74) is 0.270. The Bertz CT molecular complexity index is 689. The summed E-state index contributed by atoms with van der Waals surface area (Å²) in [5.74, 6) is -1.29. The lowest BCUT2D eigenvalue weighted by molar-refractivity contribution is 0.0974. The summed E-state index contributed by atoms with van der Waals surface area (Å²) in [6, 6.07) is 10.5. The van der Waals surface area contributed by atoms with Crippen LogP contribution < -0.4 is 10.6 Å². The Kier molecular flexibility index (Phi) is 5.12. The Labute approximate surface area is 136 Å². The van der Waals surface area contributed by atoms with Crippen LogP contribution in [0.2, 0.25) is 10.0 Å². The van der Waals surface area contributed by atoms with Crippen LogP contribution in [-0.2, 0) is 0 Å². The van der Waals surface area contributed by atoms with Gasteiger partial charge in [0.05, 0.1) is 21.3 Å². The lowest BCUT2D eigenvalue weighted by atomic mass is 10.2. The fourth-order valence-corrected chi connectivity index (χ4v) is 2.26. The monoisotopic (exact) mass is 342 g/mol. The van der Waals surface area contributed by atoms with E-state index in [2.05, 4.69) is 10.6 Å². The highest BCUT2D eigenvalue weighted by atomic mass is 35.5. The Hall–Kier alpha value is -1.69. The highest BCUT2D eigenvalue weighted by Crippen LogP contribution is 2.29. The molecular weight excluding hydrogens is 334 g/mol. The number of amides is 1. The minimum Gasteiger partial charge on any atom is -0.330 e. The molecule has 2 aromatic rings. The van der Waals surface area contributed by atoms with Crippen molar-refractivity contribution < 1.29 is 9.18 Å². The highest BCUT2D eigenvalue weighted by molar-refractivity contribution is 7.80. The van der Waals surface area contributed by atoms with Gasteiger partial charge in [-0.25, -0.2) is 4.39 Å². The number of hydrogen-bond acceptors (Lipinski definition) is 2. The van der Waals surface area contributed by atoms with Crippen LogP contribution in [0.4, 0.5) is 10.1 Å². The van der Waals surface area contributed by atoms with Crippen molar-refractivity contribution in [2.75, 3.05) is 5.32 Å². The lowest BCUT2D eigenvalue weighted by Crippen LogP contribution is -2.34. The minimum absolute atomic E-state index is 0.0294. The molecule has 0 fully saturated rings. The van der Waals surface area contributed by atoms with Crippen LogP contribution >= 0.6 is 35.4 Å². The number of para-hydroxylation sites is 1. The molecule has 0 aliphatic heterocycles. The zero-order valence-electron chi connectivity index (χ0n) is 10.5. The first-order valence-corrected chi connectivity index (χ1v) is 6.96. The summed E-state index contributed by atoms with van der Waals surface area (Å²) in [5, 5.41) is 5.75. The van der Waals surface area contributed by atoms with E-state index in [1.807, 2.05) is 0 Å². The van der Waals surface area contributed by atoms with Gasteiger partial charge in [0.1, 0.15) is 5.82 Å². The third-order valence-electron chi connectivity index (χ3n) is 2.55. The molecule has 0 heterocycles.